The van der Waals surface area contributed by atoms with E-state index in [2.05, 4.69) is 0 Å². The quantitative estimate of drug-likeness (QED) is 0.373. The Morgan fingerprint density at radius 3 is 2.45 bits per heavy atom. The van der Waals surface area contributed by atoms with E-state index in [0.717, 1.165) is 11.6 Å². The second-order valence-electron chi connectivity index (χ2n) is 4.51. The van der Waals surface area contributed by atoms with E-state index >= 15 is 0 Å². The van der Waals surface area contributed by atoms with Gasteiger partial charge in [0.05, 0.1) is 6.42 Å². The summed E-state index contributed by atoms with van der Waals surface area (Å²) in [5.41, 5.74) is 0.487. The van der Waals surface area contributed by atoms with Crippen LogP contribution < -0.4 is 0 Å². The molecule has 0 aromatic heterocycles. The van der Waals surface area contributed by atoms with E-state index in [1.807, 2.05) is 18.2 Å². The van der Waals surface area contributed by atoms with Crippen LogP contribution in [0.2, 0.25) is 0 Å². The Kier molecular flexibility index (Phi) is 3.74. The lowest BCUT2D eigenvalue weighted by molar-refractivity contribution is -0.146. The molecule has 5 nitrogen and oxygen atoms in total. The first kappa shape index (κ1) is 14.0. The van der Waals surface area contributed by atoms with Gasteiger partial charge in [0.1, 0.15) is 17.1 Å². The van der Waals surface area contributed by atoms with E-state index in [4.69, 9.17) is 0 Å². The van der Waals surface area contributed by atoms with E-state index in [9.17, 15) is 25.2 Å². The van der Waals surface area contributed by atoms with Crippen LogP contribution in [0.25, 0.3) is 6.08 Å². The molecule has 0 aliphatic heterocycles. The summed E-state index contributed by atoms with van der Waals surface area (Å²) < 4.78 is 0. The molecule has 0 amide bonds. The first-order chi connectivity index (χ1) is 9.39. The van der Waals surface area contributed by atoms with Crippen molar-refractivity contribution in [2.24, 2.45) is 0 Å². The molecule has 0 atom stereocenters. The second-order valence-corrected chi connectivity index (χ2v) is 4.51. The molecule has 2 rings (SSSR count). The molecule has 1 aromatic carbocycles. The molecule has 5 heteroatoms. The molecule has 0 radical (unpaired) electrons. The average molecular weight is 274 g/mol. The fourth-order valence-electron chi connectivity index (χ4n) is 1.91. The van der Waals surface area contributed by atoms with Gasteiger partial charge >= 0.3 is 0 Å². The summed E-state index contributed by atoms with van der Waals surface area (Å²) >= 11 is 0. The van der Waals surface area contributed by atoms with Crippen molar-refractivity contribution in [3.63, 3.8) is 0 Å². The maximum Gasteiger partial charge on any atom is 0.193 e. The van der Waals surface area contributed by atoms with Crippen LogP contribution in [0.3, 0.4) is 0 Å². The lowest BCUT2D eigenvalue weighted by Crippen LogP contribution is -2.34. The zero-order valence-electron chi connectivity index (χ0n) is 10.5. The number of Topliss-reactive ketones (excluding diaryl/α,β-unsaturated/α-hetero) is 1. The number of aliphatic hydroxyl groups is 4. The van der Waals surface area contributed by atoms with Crippen LogP contribution in [0, 0.1) is 0 Å². The number of hydrogen-bond acceptors (Lipinski definition) is 5. The third kappa shape index (κ3) is 3.14. The lowest BCUT2D eigenvalue weighted by Gasteiger charge is -2.23. The summed E-state index contributed by atoms with van der Waals surface area (Å²) in [4.78, 5) is 11.7. The monoisotopic (exact) mass is 274 g/mol. The number of rotatable bonds is 2. The van der Waals surface area contributed by atoms with E-state index in [-0.39, 0.29) is 5.57 Å². The van der Waals surface area contributed by atoms with Crippen LogP contribution in [0.15, 0.2) is 59.6 Å². The second kappa shape index (κ2) is 5.32. The van der Waals surface area contributed by atoms with Crippen molar-refractivity contribution < 1.29 is 25.2 Å². The van der Waals surface area contributed by atoms with E-state index in [1.165, 1.54) is 6.08 Å². The van der Waals surface area contributed by atoms with Gasteiger partial charge in [-0.3, -0.25) is 4.79 Å². The fourth-order valence-corrected chi connectivity index (χ4v) is 1.91. The van der Waals surface area contributed by atoms with E-state index in [0.29, 0.717) is 0 Å². The minimum absolute atomic E-state index is 0.323. The fraction of sp³-hybridized carbons (Fsp3) is 0.133. The van der Waals surface area contributed by atoms with Gasteiger partial charge in [0.25, 0.3) is 0 Å². The molecule has 0 fully saturated rings. The summed E-state index contributed by atoms with van der Waals surface area (Å²) in [6.07, 6.45) is 2.95. The highest BCUT2D eigenvalue weighted by molar-refractivity contribution is 6.01. The molecule has 104 valence electrons. The minimum atomic E-state index is -2.38. The maximum atomic E-state index is 11.7. The zero-order chi connectivity index (χ0) is 14.8. The van der Waals surface area contributed by atoms with Crippen LogP contribution in [0.5, 0.6) is 0 Å². The summed E-state index contributed by atoms with van der Waals surface area (Å²) in [5.74, 6) is -4.21. The van der Waals surface area contributed by atoms with Crippen molar-refractivity contribution in [3.8, 4) is 0 Å². The number of carbonyl (C=O) groups excluding carboxylic acids is 1. The molecule has 0 heterocycles. The Morgan fingerprint density at radius 2 is 1.85 bits per heavy atom. The number of aliphatic hydroxyl groups excluding tert-OH is 2. The van der Waals surface area contributed by atoms with Crippen molar-refractivity contribution in [1.82, 2.24) is 0 Å². The summed E-state index contributed by atoms with van der Waals surface area (Å²) in [6.45, 7) is 0. The average Bonchev–Trinajstić information content (AvgIpc) is 2.35. The van der Waals surface area contributed by atoms with Crippen molar-refractivity contribution in [3.05, 3.63) is 65.1 Å². The highest BCUT2D eigenvalue weighted by Gasteiger charge is 2.35. The van der Waals surface area contributed by atoms with Gasteiger partial charge in [0.15, 0.2) is 11.6 Å². The predicted octanol–water partition coefficient (Wildman–Crippen LogP) is 1.61. The Balaban J connectivity index is 2.33. The molecule has 4 N–H and O–H groups in total. The molecule has 0 unspecified atom stereocenters. The third-order valence-electron chi connectivity index (χ3n) is 2.81. The number of benzene rings is 1. The number of carbonyl (C=O) groups is 1. The Morgan fingerprint density at radius 1 is 1.20 bits per heavy atom. The molecule has 0 bridgehead atoms. The van der Waals surface area contributed by atoms with Gasteiger partial charge in [0.2, 0.25) is 0 Å². The highest BCUT2D eigenvalue weighted by Crippen LogP contribution is 2.27. The number of ketones is 1. The van der Waals surface area contributed by atoms with Crippen molar-refractivity contribution in [2.75, 3.05) is 0 Å². The van der Waals surface area contributed by atoms with Gasteiger partial charge in [-0.2, -0.15) is 0 Å². The summed E-state index contributed by atoms with van der Waals surface area (Å²) in [7, 11) is 0. The third-order valence-corrected chi connectivity index (χ3v) is 2.81. The highest BCUT2D eigenvalue weighted by atomic mass is 16.5. The van der Waals surface area contributed by atoms with Gasteiger partial charge in [0, 0.05) is 6.08 Å². The number of hydrogen-bond donors (Lipinski definition) is 4. The molecular weight excluding hydrogens is 260 g/mol. The van der Waals surface area contributed by atoms with Crippen molar-refractivity contribution in [1.29, 1.82) is 0 Å². The molecule has 0 saturated heterocycles. The molecule has 0 saturated carbocycles. The molecule has 20 heavy (non-hydrogen) atoms. The van der Waals surface area contributed by atoms with Gasteiger partial charge in [-0.05, 0) is 11.6 Å². The zero-order valence-corrected chi connectivity index (χ0v) is 10.5. The largest absolute Gasteiger partial charge is 0.507 e. The Bertz CT molecular complexity index is 608. The molecular formula is C15H14O5. The summed E-state index contributed by atoms with van der Waals surface area (Å²) in [6, 6.07) is 9.09. The topological polar surface area (TPSA) is 98.0 Å². The van der Waals surface area contributed by atoms with Gasteiger partial charge in [-0.1, -0.05) is 36.4 Å². The van der Waals surface area contributed by atoms with Crippen LogP contribution in [-0.2, 0) is 4.79 Å². The van der Waals surface area contributed by atoms with Crippen molar-refractivity contribution in [2.45, 2.75) is 12.2 Å². The number of allylic oxidation sites excluding steroid dienone is 2. The SMILES string of the molecule is O=C1CC(O)(O)C=C(O)/C1=C(/O)C=Cc1ccccc1. The van der Waals surface area contributed by atoms with Crippen LogP contribution in [-0.4, -0.2) is 32.0 Å². The lowest BCUT2D eigenvalue weighted by atomic mass is 9.93. The van der Waals surface area contributed by atoms with Crippen molar-refractivity contribution >= 4 is 11.9 Å². The van der Waals surface area contributed by atoms with Crippen LogP contribution >= 0.6 is 0 Å². The molecule has 1 aliphatic carbocycles. The first-order valence-corrected chi connectivity index (χ1v) is 5.95. The predicted molar refractivity (Wildman–Crippen MR) is 72.6 cm³/mol. The van der Waals surface area contributed by atoms with Gasteiger partial charge in [-0.25, -0.2) is 0 Å². The smallest absolute Gasteiger partial charge is 0.193 e. The Labute approximate surface area is 115 Å². The maximum absolute atomic E-state index is 11.7. The minimum Gasteiger partial charge on any atom is -0.507 e. The van der Waals surface area contributed by atoms with Gasteiger partial charge < -0.3 is 20.4 Å². The molecule has 1 aromatic rings. The van der Waals surface area contributed by atoms with E-state index in [1.54, 1.807) is 18.2 Å². The molecule has 0 spiro atoms. The van der Waals surface area contributed by atoms with Crippen LogP contribution in [0.4, 0.5) is 0 Å². The van der Waals surface area contributed by atoms with E-state index < -0.39 is 29.5 Å². The summed E-state index contributed by atoms with van der Waals surface area (Å²) in [5, 5.41) is 38.1. The standard InChI is InChI=1S/C15H14O5/c16-11(7-6-10-4-2-1-3-5-10)14-12(17)8-15(19,20)9-13(14)18/h1-8,16-17,19-20H,9H2/b7-6?,14-11-. The van der Waals surface area contributed by atoms with Crippen LogP contribution in [0.1, 0.15) is 12.0 Å². The Hall–Kier alpha value is -2.37. The normalized spacial score (nSPS) is 20.9. The molecule has 1 aliphatic rings. The van der Waals surface area contributed by atoms with Gasteiger partial charge in [-0.15, -0.1) is 0 Å². The first-order valence-electron chi connectivity index (χ1n) is 5.95.